The van der Waals surface area contributed by atoms with Gasteiger partial charge in [0.2, 0.25) is 0 Å². The normalized spacial score (nSPS) is 17.0. The van der Waals surface area contributed by atoms with E-state index in [1.54, 1.807) is 50.2 Å². The van der Waals surface area contributed by atoms with Gasteiger partial charge in [0, 0.05) is 16.0 Å². The summed E-state index contributed by atoms with van der Waals surface area (Å²) < 4.78 is 5.22. The fourth-order valence-electron chi connectivity index (χ4n) is 4.07. The quantitative estimate of drug-likeness (QED) is 0.389. The summed E-state index contributed by atoms with van der Waals surface area (Å²) in [7, 11) is 0. The Labute approximate surface area is 208 Å². The highest BCUT2D eigenvalue weighted by atomic mass is 35.5. The van der Waals surface area contributed by atoms with Gasteiger partial charge in [-0.15, -0.1) is 0 Å². The minimum absolute atomic E-state index is 0.162. The van der Waals surface area contributed by atoms with Gasteiger partial charge in [-0.3, -0.25) is 9.59 Å². The molecule has 8 heteroatoms. The summed E-state index contributed by atoms with van der Waals surface area (Å²) in [6.45, 7) is 3.56. The number of rotatable bonds is 7. The molecule has 2 aromatic rings. The van der Waals surface area contributed by atoms with E-state index in [1.807, 2.05) is 12.1 Å². The van der Waals surface area contributed by atoms with E-state index in [0.717, 1.165) is 30.6 Å². The summed E-state index contributed by atoms with van der Waals surface area (Å²) in [5.74, 6) is -1.22. The summed E-state index contributed by atoms with van der Waals surface area (Å²) in [6.07, 6.45) is 5.09. The predicted molar refractivity (Wildman–Crippen MR) is 134 cm³/mol. The molecule has 1 aliphatic heterocycles. The Kier molecular flexibility index (Phi) is 7.63. The zero-order valence-electron chi connectivity index (χ0n) is 19.2. The second-order valence-corrected chi connectivity index (χ2v) is 10.2. The first-order valence-electron chi connectivity index (χ1n) is 11.5. The van der Waals surface area contributed by atoms with Crippen molar-refractivity contribution in [1.29, 1.82) is 0 Å². The van der Waals surface area contributed by atoms with Crippen LogP contribution in [0.5, 0.6) is 0 Å². The highest BCUT2D eigenvalue weighted by Gasteiger charge is 2.41. The zero-order valence-corrected chi connectivity index (χ0v) is 20.7. The lowest BCUT2D eigenvalue weighted by Gasteiger charge is -2.24. The summed E-state index contributed by atoms with van der Waals surface area (Å²) in [6, 6.07) is 13.7. The number of esters is 1. The van der Waals surface area contributed by atoms with E-state index in [1.165, 1.54) is 23.1 Å². The second-order valence-electron chi connectivity index (χ2n) is 8.69. The molecule has 1 fully saturated rings. The molecule has 1 aliphatic carbocycles. The van der Waals surface area contributed by atoms with E-state index in [2.05, 4.69) is 5.32 Å². The molecule has 2 aliphatic rings. The Hall–Kier alpha value is -2.77. The number of anilines is 1. The van der Waals surface area contributed by atoms with Crippen LogP contribution in [0.4, 0.5) is 5.69 Å². The van der Waals surface area contributed by atoms with Gasteiger partial charge in [0.05, 0.1) is 17.4 Å². The Bertz CT molecular complexity index is 1110. The van der Waals surface area contributed by atoms with Crippen LogP contribution in [0.2, 0.25) is 5.02 Å². The minimum Gasteiger partial charge on any atom is -0.459 e. The van der Waals surface area contributed by atoms with Gasteiger partial charge in [-0.05, 0) is 75.2 Å². The van der Waals surface area contributed by atoms with E-state index in [4.69, 9.17) is 16.3 Å². The number of halogens is 1. The van der Waals surface area contributed by atoms with Gasteiger partial charge in [0.15, 0.2) is 0 Å². The van der Waals surface area contributed by atoms with Crippen molar-refractivity contribution in [2.75, 3.05) is 4.90 Å². The topological polar surface area (TPSA) is 75.7 Å². The van der Waals surface area contributed by atoms with Crippen molar-refractivity contribution in [3.8, 4) is 0 Å². The third-order valence-electron chi connectivity index (χ3n) is 5.73. The van der Waals surface area contributed by atoms with Crippen LogP contribution in [-0.4, -0.2) is 29.9 Å². The van der Waals surface area contributed by atoms with Gasteiger partial charge in [0.25, 0.3) is 11.8 Å². The number of carbonyl (C=O) groups is 3. The van der Waals surface area contributed by atoms with E-state index >= 15 is 0 Å². The molecule has 6 nitrogen and oxygen atoms in total. The van der Waals surface area contributed by atoms with Crippen molar-refractivity contribution in [2.24, 2.45) is 0 Å². The Morgan fingerprint density at radius 1 is 1.00 bits per heavy atom. The van der Waals surface area contributed by atoms with Crippen molar-refractivity contribution >= 4 is 46.8 Å². The molecule has 0 spiro atoms. The van der Waals surface area contributed by atoms with Gasteiger partial charge in [0.1, 0.15) is 10.6 Å². The fraction of sp³-hybridized carbons (Fsp3) is 0.346. The number of amides is 2. The molecule has 0 radical (unpaired) electrons. The summed E-state index contributed by atoms with van der Waals surface area (Å²) in [5.41, 5.74) is 1.10. The maximum absolute atomic E-state index is 13.5. The van der Waals surface area contributed by atoms with Crippen LogP contribution in [0.3, 0.4) is 0 Å². The predicted octanol–water partition coefficient (Wildman–Crippen LogP) is 5.70. The summed E-state index contributed by atoms with van der Waals surface area (Å²) in [4.78, 5) is 41.5. The maximum atomic E-state index is 13.5. The summed E-state index contributed by atoms with van der Waals surface area (Å²) in [5, 5.41) is 3.98. The number of thioether (sulfide) groups is 1. The average molecular weight is 499 g/mol. The fourth-order valence-corrected chi connectivity index (χ4v) is 5.13. The van der Waals surface area contributed by atoms with Crippen LogP contribution >= 0.6 is 23.4 Å². The molecule has 0 atom stereocenters. The lowest BCUT2D eigenvalue weighted by atomic mass is 9.95. The van der Waals surface area contributed by atoms with Crippen molar-refractivity contribution in [3.63, 3.8) is 0 Å². The van der Waals surface area contributed by atoms with E-state index in [-0.39, 0.29) is 24.0 Å². The molecule has 2 aromatic carbocycles. The standard InChI is InChI=1S/C26H27ClN2O4S/c1-16(2)33-26(32)17-8-12-20(13-9-17)29-24(30)22(28-19-6-4-3-5-7-19)23(25(29)31)34-21-14-10-18(27)11-15-21/h8-16,19,28H,3-7H2,1-2H3. The van der Waals surface area contributed by atoms with E-state index in [0.29, 0.717) is 26.9 Å². The van der Waals surface area contributed by atoms with Crippen molar-refractivity contribution in [1.82, 2.24) is 5.32 Å². The molecule has 0 aromatic heterocycles. The van der Waals surface area contributed by atoms with E-state index in [9.17, 15) is 14.4 Å². The molecule has 1 saturated carbocycles. The molecule has 4 rings (SSSR count). The molecule has 34 heavy (non-hydrogen) atoms. The Morgan fingerprint density at radius 2 is 1.65 bits per heavy atom. The lowest BCUT2D eigenvalue weighted by Crippen LogP contribution is -2.37. The molecule has 2 amide bonds. The summed E-state index contributed by atoms with van der Waals surface area (Å²) >= 11 is 7.26. The molecule has 0 saturated heterocycles. The number of nitrogens with zero attached hydrogens (tertiary/aromatic N) is 1. The van der Waals surface area contributed by atoms with Crippen LogP contribution in [0.15, 0.2) is 64.0 Å². The van der Waals surface area contributed by atoms with Crippen molar-refractivity contribution in [3.05, 3.63) is 69.7 Å². The number of imide groups is 1. The molecular formula is C26H27ClN2O4S. The van der Waals surface area contributed by atoms with Crippen LogP contribution in [-0.2, 0) is 14.3 Å². The number of hydrogen-bond acceptors (Lipinski definition) is 6. The Morgan fingerprint density at radius 3 is 2.26 bits per heavy atom. The number of ether oxygens (including phenoxy) is 1. The van der Waals surface area contributed by atoms with Crippen LogP contribution < -0.4 is 10.2 Å². The molecule has 178 valence electrons. The van der Waals surface area contributed by atoms with Crippen LogP contribution in [0.25, 0.3) is 0 Å². The number of nitrogens with one attached hydrogen (secondary N) is 1. The Balaban J connectivity index is 1.61. The van der Waals surface area contributed by atoms with Gasteiger partial charge in [-0.2, -0.15) is 0 Å². The molecule has 1 heterocycles. The van der Waals surface area contributed by atoms with Gasteiger partial charge in [-0.1, -0.05) is 42.6 Å². The van der Waals surface area contributed by atoms with Crippen molar-refractivity contribution in [2.45, 2.75) is 63.0 Å². The monoisotopic (exact) mass is 498 g/mol. The first-order valence-corrected chi connectivity index (χ1v) is 12.7. The minimum atomic E-state index is -0.447. The second kappa shape index (κ2) is 10.7. The van der Waals surface area contributed by atoms with Crippen molar-refractivity contribution < 1.29 is 19.1 Å². The van der Waals surface area contributed by atoms with Gasteiger partial charge >= 0.3 is 5.97 Å². The van der Waals surface area contributed by atoms with Crippen LogP contribution in [0, 0.1) is 0 Å². The highest BCUT2D eigenvalue weighted by Crippen LogP contribution is 2.37. The smallest absolute Gasteiger partial charge is 0.338 e. The number of benzene rings is 2. The SMILES string of the molecule is CC(C)OC(=O)c1ccc(N2C(=O)C(NC3CCCCC3)=C(Sc3ccc(Cl)cc3)C2=O)cc1. The molecule has 0 bridgehead atoms. The molecule has 1 N–H and O–H groups in total. The molecular weight excluding hydrogens is 472 g/mol. The largest absolute Gasteiger partial charge is 0.459 e. The average Bonchev–Trinajstić information content (AvgIpc) is 3.04. The number of carbonyl (C=O) groups excluding carboxylic acids is 3. The maximum Gasteiger partial charge on any atom is 0.338 e. The first-order chi connectivity index (χ1) is 16.3. The number of hydrogen-bond donors (Lipinski definition) is 1. The zero-order chi connectivity index (χ0) is 24.2. The first kappa shape index (κ1) is 24.4. The third kappa shape index (κ3) is 5.47. The third-order valence-corrected chi connectivity index (χ3v) is 7.08. The van der Waals surface area contributed by atoms with Gasteiger partial charge < -0.3 is 10.1 Å². The van der Waals surface area contributed by atoms with Gasteiger partial charge in [-0.25, -0.2) is 9.69 Å². The van der Waals surface area contributed by atoms with Crippen LogP contribution in [0.1, 0.15) is 56.3 Å². The molecule has 0 unspecified atom stereocenters. The van der Waals surface area contributed by atoms with E-state index < -0.39 is 5.97 Å². The highest BCUT2D eigenvalue weighted by molar-refractivity contribution is 8.04. The lowest BCUT2D eigenvalue weighted by molar-refractivity contribution is -0.120.